The molecule has 9 heavy (non-hydrogen) atoms. The average molecular weight is 190 g/mol. The Morgan fingerprint density at radius 2 is 2.33 bits per heavy atom. The van der Waals surface area contributed by atoms with Gasteiger partial charge in [-0.1, -0.05) is 22.0 Å². The van der Waals surface area contributed by atoms with Crippen molar-refractivity contribution in [1.82, 2.24) is 5.32 Å². The molecule has 0 aliphatic carbocycles. The lowest BCUT2D eigenvalue weighted by atomic mass is 10.5. The molecule has 0 fully saturated rings. The lowest BCUT2D eigenvalue weighted by Gasteiger charge is -1.87. The van der Waals surface area contributed by atoms with Gasteiger partial charge in [-0.25, -0.2) is 0 Å². The molecule has 2 heteroatoms. The Balaban J connectivity index is 3.35. The third kappa shape index (κ3) is 7.76. The molecule has 0 heterocycles. The third-order valence-corrected chi connectivity index (χ3v) is 1.01. The molecule has 0 radical (unpaired) electrons. The van der Waals surface area contributed by atoms with E-state index in [4.69, 9.17) is 0 Å². The van der Waals surface area contributed by atoms with Crippen molar-refractivity contribution in [2.75, 3.05) is 6.54 Å². The van der Waals surface area contributed by atoms with E-state index in [1.807, 2.05) is 25.3 Å². The molecule has 1 N–H and O–H groups in total. The SMILES string of the molecule is CCN/C=C/C=C(\C)Br. The predicted octanol–water partition coefficient (Wildman–Crippen LogP) is 2.41. The molecule has 0 spiro atoms. The quantitative estimate of drug-likeness (QED) is 0.674. The normalized spacial score (nSPS) is 12.6. The molecule has 0 aromatic rings. The summed E-state index contributed by atoms with van der Waals surface area (Å²) in [6, 6.07) is 0. The maximum Gasteiger partial charge on any atom is 0.0113 e. The highest BCUT2D eigenvalue weighted by atomic mass is 79.9. The zero-order chi connectivity index (χ0) is 7.11. The molecular formula is C7H12BrN. The molecule has 0 saturated heterocycles. The van der Waals surface area contributed by atoms with Crippen LogP contribution in [0.3, 0.4) is 0 Å². The topological polar surface area (TPSA) is 12.0 Å². The maximum absolute atomic E-state index is 3.31. The molecule has 0 aromatic heterocycles. The van der Waals surface area contributed by atoms with Crippen LogP contribution < -0.4 is 5.32 Å². The second-order valence-corrected chi connectivity index (χ2v) is 2.92. The summed E-state index contributed by atoms with van der Waals surface area (Å²) in [5, 5.41) is 3.06. The van der Waals surface area contributed by atoms with Gasteiger partial charge >= 0.3 is 0 Å². The summed E-state index contributed by atoms with van der Waals surface area (Å²) >= 11 is 3.31. The van der Waals surface area contributed by atoms with Crippen molar-refractivity contribution < 1.29 is 0 Å². The number of allylic oxidation sites excluding steroid dienone is 3. The summed E-state index contributed by atoms with van der Waals surface area (Å²) in [4.78, 5) is 0. The summed E-state index contributed by atoms with van der Waals surface area (Å²) in [6.07, 6.45) is 5.88. The van der Waals surface area contributed by atoms with Gasteiger partial charge in [0.2, 0.25) is 0 Å². The summed E-state index contributed by atoms with van der Waals surface area (Å²) in [7, 11) is 0. The molecule has 1 nitrogen and oxygen atoms in total. The first kappa shape index (κ1) is 8.76. The number of hydrogen-bond donors (Lipinski definition) is 1. The first-order valence-electron chi connectivity index (χ1n) is 2.99. The Hall–Kier alpha value is -0.240. The second kappa shape index (κ2) is 5.89. The van der Waals surface area contributed by atoms with Gasteiger partial charge in [-0.3, -0.25) is 0 Å². The molecular weight excluding hydrogens is 178 g/mol. The van der Waals surface area contributed by atoms with Gasteiger partial charge in [-0.15, -0.1) is 0 Å². The smallest absolute Gasteiger partial charge is 0.0113 e. The van der Waals surface area contributed by atoms with Crippen molar-refractivity contribution >= 4 is 15.9 Å². The largest absolute Gasteiger partial charge is 0.391 e. The fourth-order valence-corrected chi connectivity index (χ4v) is 0.519. The summed E-state index contributed by atoms with van der Waals surface area (Å²) in [5.41, 5.74) is 0. The molecule has 52 valence electrons. The Morgan fingerprint density at radius 1 is 1.67 bits per heavy atom. The molecule has 0 aliphatic heterocycles. The Labute approximate surface area is 65.0 Å². The molecule has 0 bridgehead atoms. The van der Waals surface area contributed by atoms with Crippen LogP contribution in [-0.4, -0.2) is 6.54 Å². The van der Waals surface area contributed by atoms with Crippen LogP contribution >= 0.6 is 15.9 Å². The van der Waals surface area contributed by atoms with Gasteiger partial charge in [-0.2, -0.15) is 0 Å². The highest BCUT2D eigenvalue weighted by Gasteiger charge is 1.70. The van der Waals surface area contributed by atoms with Gasteiger partial charge in [0.15, 0.2) is 0 Å². The van der Waals surface area contributed by atoms with Crippen LogP contribution in [0.2, 0.25) is 0 Å². The van der Waals surface area contributed by atoms with E-state index < -0.39 is 0 Å². The number of halogens is 1. The lowest BCUT2D eigenvalue weighted by Crippen LogP contribution is -2.00. The van der Waals surface area contributed by atoms with Gasteiger partial charge in [0.25, 0.3) is 0 Å². The first-order valence-corrected chi connectivity index (χ1v) is 3.79. The lowest BCUT2D eigenvalue weighted by molar-refractivity contribution is 0.919. The number of hydrogen-bond acceptors (Lipinski definition) is 1. The fraction of sp³-hybridized carbons (Fsp3) is 0.429. The van der Waals surface area contributed by atoms with E-state index in [9.17, 15) is 0 Å². The van der Waals surface area contributed by atoms with Crippen LogP contribution in [0.1, 0.15) is 13.8 Å². The monoisotopic (exact) mass is 189 g/mol. The molecule has 0 saturated carbocycles. The van der Waals surface area contributed by atoms with Crippen LogP contribution in [-0.2, 0) is 0 Å². The second-order valence-electron chi connectivity index (χ2n) is 1.67. The van der Waals surface area contributed by atoms with Crippen LogP contribution in [0.5, 0.6) is 0 Å². The Bertz CT molecular complexity index is 112. The molecule has 0 aromatic carbocycles. The fourth-order valence-electron chi connectivity index (χ4n) is 0.367. The van der Waals surface area contributed by atoms with E-state index in [-0.39, 0.29) is 0 Å². The average Bonchev–Trinajstić information content (AvgIpc) is 1.80. The van der Waals surface area contributed by atoms with Crippen molar-refractivity contribution in [2.45, 2.75) is 13.8 Å². The minimum atomic E-state index is 0.978. The van der Waals surface area contributed by atoms with Crippen LogP contribution in [0.15, 0.2) is 22.8 Å². The van der Waals surface area contributed by atoms with Crippen LogP contribution in [0, 0.1) is 0 Å². The van der Waals surface area contributed by atoms with Gasteiger partial charge in [0, 0.05) is 6.54 Å². The van der Waals surface area contributed by atoms with Crippen molar-refractivity contribution in [2.24, 2.45) is 0 Å². The minimum Gasteiger partial charge on any atom is -0.391 e. The van der Waals surface area contributed by atoms with Gasteiger partial charge in [0.1, 0.15) is 0 Å². The van der Waals surface area contributed by atoms with Gasteiger partial charge < -0.3 is 5.32 Å². The third-order valence-electron chi connectivity index (χ3n) is 0.744. The van der Waals surface area contributed by atoms with E-state index in [2.05, 4.69) is 28.2 Å². The summed E-state index contributed by atoms with van der Waals surface area (Å²) in [5.74, 6) is 0. The van der Waals surface area contributed by atoms with Crippen molar-refractivity contribution in [3.8, 4) is 0 Å². The molecule has 0 atom stereocenters. The maximum atomic E-state index is 3.31. The number of nitrogens with one attached hydrogen (secondary N) is 1. The van der Waals surface area contributed by atoms with E-state index >= 15 is 0 Å². The predicted molar refractivity (Wildman–Crippen MR) is 45.5 cm³/mol. The first-order chi connectivity index (χ1) is 4.27. The molecule has 0 aliphatic rings. The van der Waals surface area contributed by atoms with Crippen LogP contribution in [0.4, 0.5) is 0 Å². The van der Waals surface area contributed by atoms with Crippen molar-refractivity contribution in [3.05, 3.63) is 22.8 Å². The summed E-state index contributed by atoms with van der Waals surface area (Å²) in [6.45, 7) is 5.04. The zero-order valence-electron chi connectivity index (χ0n) is 5.82. The highest BCUT2D eigenvalue weighted by Crippen LogP contribution is 2.00. The molecule has 0 rings (SSSR count). The van der Waals surface area contributed by atoms with Gasteiger partial charge in [0.05, 0.1) is 0 Å². The molecule has 0 amide bonds. The standard InChI is InChI=1S/C7H12BrN/c1-3-9-6-4-5-7(2)8/h4-6,9H,3H2,1-2H3/b6-4+,7-5+. The minimum absolute atomic E-state index is 0.978. The van der Waals surface area contributed by atoms with E-state index in [1.54, 1.807) is 0 Å². The highest BCUT2D eigenvalue weighted by molar-refractivity contribution is 9.11. The van der Waals surface area contributed by atoms with Crippen molar-refractivity contribution in [1.29, 1.82) is 0 Å². The molecule has 0 unspecified atom stereocenters. The van der Waals surface area contributed by atoms with Crippen LogP contribution in [0.25, 0.3) is 0 Å². The Kier molecular flexibility index (Phi) is 5.73. The number of rotatable bonds is 3. The van der Waals surface area contributed by atoms with E-state index in [0.29, 0.717) is 0 Å². The Morgan fingerprint density at radius 3 is 2.78 bits per heavy atom. The van der Waals surface area contributed by atoms with E-state index in [1.165, 1.54) is 0 Å². The summed E-state index contributed by atoms with van der Waals surface area (Å²) < 4.78 is 1.14. The zero-order valence-corrected chi connectivity index (χ0v) is 7.40. The van der Waals surface area contributed by atoms with E-state index in [0.717, 1.165) is 11.0 Å². The van der Waals surface area contributed by atoms with Gasteiger partial charge in [-0.05, 0) is 30.6 Å². The van der Waals surface area contributed by atoms with Crippen molar-refractivity contribution in [3.63, 3.8) is 0 Å².